The van der Waals surface area contributed by atoms with Crippen molar-refractivity contribution < 1.29 is 9.47 Å². The number of aliphatic imine (C=N–C) groups is 1. The molecule has 5 nitrogen and oxygen atoms in total. The van der Waals surface area contributed by atoms with E-state index in [1.165, 1.54) is 0 Å². The summed E-state index contributed by atoms with van der Waals surface area (Å²) in [5.74, 6) is 1.47. The van der Waals surface area contributed by atoms with Crippen LogP contribution in [0.1, 0.15) is 20.3 Å². The fraction of sp³-hybridized carbons (Fsp3) is 0.917. The van der Waals surface area contributed by atoms with Crippen LogP contribution in [0.2, 0.25) is 0 Å². The van der Waals surface area contributed by atoms with E-state index >= 15 is 0 Å². The fourth-order valence-corrected chi connectivity index (χ4v) is 1.15. The monoisotopic (exact) mass is 245 g/mol. The van der Waals surface area contributed by atoms with Crippen LogP contribution >= 0.6 is 0 Å². The number of ether oxygens (including phenoxy) is 2. The van der Waals surface area contributed by atoms with Crippen molar-refractivity contribution in [2.75, 3.05) is 47.1 Å². The molecule has 0 rings (SSSR count). The van der Waals surface area contributed by atoms with E-state index in [0.717, 1.165) is 32.1 Å². The summed E-state index contributed by atoms with van der Waals surface area (Å²) in [6.07, 6.45) is 0.964. The molecule has 0 aliphatic heterocycles. The number of hydrogen-bond acceptors (Lipinski definition) is 3. The van der Waals surface area contributed by atoms with Crippen LogP contribution in [0.4, 0.5) is 0 Å². The van der Waals surface area contributed by atoms with Gasteiger partial charge in [0.2, 0.25) is 0 Å². The van der Waals surface area contributed by atoms with Gasteiger partial charge in [0.15, 0.2) is 5.96 Å². The third kappa shape index (κ3) is 11.5. The summed E-state index contributed by atoms with van der Waals surface area (Å²) in [5, 5.41) is 6.50. The van der Waals surface area contributed by atoms with Crippen molar-refractivity contribution in [2.24, 2.45) is 10.9 Å². The molecule has 0 atom stereocenters. The molecule has 2 N–H and O–H groups in total. The summed E-state index contributed by atoms with van der Waals surface area (Å²) in [7, 11) is 3.46. The van der Waals surface area contributed by atoms with Crippen molar-refractivity contribution in [2.45, 2.75) is 20.3 Å². The molecule has 0 saturated carbocycles. The van der Waals surface area contributed by atoms with Gasteiger partial charge in [-0.25, -0.2) is 0 Å². The topological polar surface area (TPSA) is 54.9 Å². The van der Waals surface area contributed by atoms with Crippen molar-refractivity contribution in [3.8, 4) is 0 Å². The summed E-state index contributed by atoms with van der Waals surface area (Å²) < 4.78 is 10.3. The highest BCUT2D eigenvalue weighted by molar-refractivity contribution is 5.79. The highest BCUT2D eigenvalue weighted by Crippen LogP contribution is 1.87. The Labute approximate surface area is 105 Å². The second-order valence-corrected chi connectivity index (χ2v) is 4.23. The second kappa shape index (κ2) is 11.7. The Kier molecular flexibility index (Phi) is 11.1. The van der Waals surface area contributed by atoms with Crippen LogP contribution in [0.5, 0.6) is 0 Å². The molecule has 0 aromatic rings. The van der Waals surface area contributed by atoms with Crippen molar-refractivity contribution in [1.82, 2.24) is 10.6 Å². The van der Waals surface area contributed by atoms with Gasteiger partial charge in [-0.15, -0.1) is 0 Å². The lowest BCUT2D eigenvalue weighted by Gasteiger charge is -2.13. The first kappa shape index (κ1) is 16.2. The van der Waals surface area contributed by atoms with E-state index in [0.29, 0.717) is 19.1 Å². The predicted molar refractivity (Wildman–Crippen MR) is 71.5 cm³/mol. The lowest BCUT2D eigenvalue weighted by atomic mass is 10.2. The van der Waals surface area contributed by atoms with Gasteiger partial charge in [-0.1, -0.05) is 13.8 Å². The average Bonchev–Trinajstić information content (AvgIpc) is 2.31. The highest BCUT2D eigenvalue weighted by Gasteiger charge is 1.98. The Morgan fingerprint density at radius 1 is 1.18 bits per heavy atom. The van der Waals surface area contributed by atoms with Crippen LogP contribution in [-0.2, 0) is 9.47 Å². The first-order valence-electron chi connectivity index (χ1n) is 6.22. The molecule has 0 aromatic heterocycles. The van der Waals surface area contributed by atoms with Crippen molar-refractivity contribution in [3.05, 3.63) is 0 Å². The van der Waals surface area contributed by atoms with Gasteiger partial charge in [0.05, 0.1) is 13.2 Å². The molecule has 0 aliphatic rings. The zero-order valence-electron chi connectivity index (χ0n) is 11.6. The van der Waals surface area contributed by atoms with E-state index in [1.54, 1.807) is 14.2 Å². The van der Waals surface area contributed by atoms with Crippen LogP contribution < -0.4 is 10.6 Å². The summed E-state index contributed by atoms with van der Waals surface area (Å²) in [5.41, 5.74) is 0. The van der Waals surface area contributed by atoms with Gasteiger partial charge in [0, 0.05) is 33.9 Å². The summed E-state index contributed by atoms with van der Waals surface area (Å²) in [6, 6.07) is 0. The zero-order chi connectivity index (χ0) is 12.9. The average molecular weight is 245 g/mol. The molecule has 0 spiro atoms. The Morgan fingerprint density at radius 3 is 2.53 bits per heavy atom. The minimum Gasteiger partial charge on any atom is -0.382 e. The summed E-state index contributed by atoms with van der Waals surface area (Å²) in [4.78, 5) is 4.14. The highest BCUT2D eigenvalue weighted by atomic mass is 16.5. The molecule has 0 heterocycles. The van der Waals surface area contributed by atoms with E-state index in [9.17, 15) is 0 Å². The zero-order valence-corrected chi connectivity index (χ0v) is 11.6. The van der Waals surface area contributed by atoms with Crippen LogP contribution in [0.15, 0.2) is 4.99 Å². The molecule has 5 heteroatoms. The lowest BCUT2D eigenvalue weighted by Crippen LogP contribution is -2.39. The maximum absolute atomic E-state index is 5.36. The minimum atomic E-state index is 0.617. The van der Waals surface area contributed by atoms with Crippen molar-refractivity contribution >= 4 is 5.96 Å². The molecule has 0 unspecified atom stereocenters. The summed E-state index contributed by atoms with van der Waals surface area (Å²) >= 11 is 0. The maximum atomic E-state index is 5.36. The van der Waals surface area contributed by atoms with Gasteiger partial charge in [-0.3, -0.25) is 4.99 Å². The van der Waals surface area contributed by atoms with E-state index in [-0.39, 0.29) is 0 Å². The molecular weight excluding hydrogens is 218 g/mol. The normalized spacial score (nSPS) is 11.9. The Hall–Kier alpha value is -0.810. The van der Waals surface area contributed by atoms with Crippen molar-refractivity contribution in [3.63, 3.8) is 0 Å². The largest absolute Gasteiger partial charge is 0.382 e. The van der Waals surface area contributed by atoms with E-state index < -0.39 is 0 Å². The van der Waals surface area contributed by atoms with Crippen molar-refractivity contribution in [1.29, 1.82) is 0 Å². The molecule has 17 heavy (non-hydrogen) atoms. The quantitative estimate of drug-likeness (QED) is 0.359. The number of nitrogens with zero attached hydrogens (tertiary/aromatic N) is 1. The van der Waals surface area contributed by atoms with Gasteiger partial charge in [0.1, 0.15) is 0 Å². The van der Waals surface area contributed by atoms with Gasteiger partial charge in [0.25, 0.3) is 0 Å². The Balaban J connectivity index is 3.38. The number of rotatable bonds is 9. The first-order valence-corrected chi connectivity index (χ1v) is 6.22. The lowest BCUT2D eigenvalue weighted by molar-refractivity contribution is 0.0698. The predicted octanol–water partition coefficient (Wildman–Crippen LogP) is 0.860. The molecule has 0 saturated heterocycles. The molecule has 0 radical (unpaired) electrons. The fourth-order valence-electron chi connectivity index (χ4n) is 1.15. The molecule has 0 bridgehead atoms. The third-order valence-corrected chi connectivity index (χ3v) is 2.09. The molecule has 0 fully saturated rings. The van der Waals surface area contributed by atoms with Crippen LogP contribution in [0, 0.1) is 5.92 Å². The number of guanidine groups is 1. The van der Waals surface area contributed by atoms with E-state index in [4.69, 9.17) is 9.47 Å². The van der Waals surface area contributed by atoms with E-state index in [2.05, 4.69) is 29.5 Å². The maximum Gasteiger partial charge on any atom is 0.190 e. The van der Waals surface area contributed by atoms with Gasteiger partial charge < -0.3 is 20.1 Å². The molecule has 0 aromatic carbocycles. The van der Waals surface area contributed by atoms with Gasteiger partial charge >= 0.3 is 0 Å². The molecule has 102 valence electrons. The minimum absolute atomic E-state index is 0.617. The Morgan fingerprint density at radius 2 is 1.94 bits per heavy atom. The van der Waals surface area contributed by atoms with Gasteiger partial charge in [-0.2, -0.15) is 0 Å². The van der Waals surface area contributed by atoms with E-state index in [1.807, 2.05) is 0 Å². The Bertz CT molecular complexity index is 196. The SMILES string of the molecule is CN=C(NCCCOCCOC)NCC(C)C. The number of methoxy groups -OCH3 is 1. The van der Waals surface area contributed by atoms with Crippen LogP contribution in [0.3, 0.4) is 0 Å². The standard InChI is InChI=1S/C12H27N3O2/c1-11(2)10-15-12(13-3)14-6-5-7-17-9-8-16-4/h11H,5-10H2,1-4H3,(H2,13,14,15). The molecule has 0 aliphatic carbocycles. The number of hydrogen-bond donors (Lipinski definition) is 2. The van der Waals surface area contributed by atoms with Crippen LogP contribution in [0.25, 0.3) is 0 Å². The molecule has 0 amide bonds. The van der Waals surface area contributed by atoms with Crippen LogP contribution in [-0.4, -0.2) is 53.0 Å². The molecular formula is C12H27N3O2. The number of nitrogens with one attached hydrogen (secondary N) is 2. The second-order valence-electron chi connectivity index (χ2n) is 4.23. The smallest absolute Gasteiger partial charge is 0.190 e. The third-order valence-electron chi connectivity index (χ3n) is 2.09. The first-order chi connectivity index (χ1) is 8.20. The van der Waals surface area contributed by atoms with Gasteiger partial charge in [-0.05, 0) is 12.3 Å². The summed E-state index contributed by atoms with van der Waals surface area (Å²) in [6.45, 7) is 8.21.